The molecule has 0 saturated carbocycles. The summed E-state index contributed by atoms with van der Waals surface area (Å²) >= 11 is 0. The molecule has 1 amide bonds. The molecule has 17 heavy (non-hydrogen) atoms. The van der Waals surface area contributed by atoms with Crippen molar-refractivity contribution < 1.29 is 9.59 Å². The lowest BCUT2D eigenvalue weighted by Gasteiger charge is -2.25. The van der Waals surface area contributed by atoms with E-state index in [0.29, 0.717) is 25.2 Å². The van der Waals surface area contributed by atoms with Crippen molar-refractivity contribution in [3.05, 3.63) is 17.5 Å². The van der Waals surface area contributed by atoms with E-state index in [1.807, 2.05) is 13.8 Å². The maximum absolute atomic E-state index is 12.3. The molecule has 1 fully saturated rings. The molecule has 0 spiro atoms. The number of carbonyl (C=O) groups is 2. The van der Waals surface area contributed by atoms with E-state index in [9.17, 15) is 9.59 Å². The smallest absolute Gasteiger partial charge is 0.272 e. The van der Waals surface area contributed by atoms with Gasteiger partial charge in [-0.3, -0.25) is 14.3 Å². The number of carbonyl (C=O) groups excluding carboxylic acids is 2. The van der Waals surface area contributed by atoms with Crippen molar-refractivity contribution in [2.24, 2.45) is 0 Å². The number of aromatic nitrogens is 2. The van der Waals surface area contributed by atoms with Gasteiger partial charge in [-0.1, -0.05) is 0 Å². The normalized spacial score (nSPS) is 16.4. The quantitative estimate of drug-likeness (QED) is 0.769. The number of likely N-dealkylation sites (tertiary alicyclic amines) is 1. The average molecular weight is 235 g/mol. The maximum Gasteiger partial charge on any atom is 0.272 e. The highest BCUT2D eigenvalue weighted by Crippen LogP contribution is 2.12. The van der Waals surface area contributed by atoms with Gasteiger partial charge in [0, 0.05) is 19.5 Å². The van der Waals surface area contributed by atoms with Gasteiger partial charge in [0.25, 0.3) is 5.91 Å². The van der Waals surface area contributed by atoms with Crippen molar-refractivity contribution in [1.29, 1.82) is 0 Å². The molecule has 2 heterocycles. The summed E-state index contributed by atoms with van der Waals surface area (Å²) in [7, 11) is 0. The zero-order valence-electron chi connectivity index (χ0n) is 10.3. The first kappa shape index (κ1) is 11.8. The third-order valence-corrected chi connectivity index (χ3v) is 2.96. The second kappa shape index (κ2) is 4.69. The van der Waals surface area contributed by atoms with Crippen LogP contribution in [0.2, 0.25) is 0 Å². The van der Waals surface area contributed by atoms with Gasteiger partial charge in [0.15, 0.2) is 5.78 Å². The molecular weight excluding hydrogens is 218 g/mol. The van der Waals surface area contributed by atoms with Crippen LogP contribution in [-0.4, -0.2) is 39.5 Å². The van der Waals surface area contributed by atoms with Gasteiger partial charge in [-0.05, 0) is 26.3 Å². The van der Waals surface area contributed by atoms with Crippen LogP contribution in [0.15, 0.2) is 6.07 Å². The molecule has 0 aliphatic carbocycles. The second-order valence-corrected chi connectivity index (χ2v) is 4.36. The minimum absolute atomic E-state index is 0.0829. The Labute approximate surface area is 100 Å². The first-order valence-electron chi connectivity index (χ1n) is 5.97. The average Bonchev–Trinajstić information content (AvgIpc) is 2.69. The van der Waals surface area contributed by atoms with Crippen molar-refractivity contribution in [3.63, 3.8) is 0 Å². The van der Waals surface area contributed by atoms with Crippen LogP contribution in [0.3, 0.4) is 0 Å². The number of hydrogen-bond acceptors (Lipinski definition) is 3. The summed E-state index contributed by atoms with van der Waals surface area (Å²) in [5.41, 5.74) is 1.42. The lowest BCUT2D eigenvalue weighted by atomic mass is 10.1. The van der Waals surface area contributed by atoms with E-state index in [4.69, 9.17) is 0 Å². The van der Waals surface area contributed by atoms with Gasteiger partial charge in [-0.25, -0.2) is 0 Å². The van der Waals surface area contributed by atoms with Crippen LogP contribution in [0.5, 0.6) is 0 Å². The topological polar surface area (TPSA) is 55.2 Å². The molecule has 1 aromatic heterocycles. The molecule has 0 bridgehead atoms. The molecule has 1 aliphatic rings. The Bertz CT molecular complexity index is 451. The number of hydrogen-bond donors (Lipinski definition) is 0. The Balaban J connectivity index is 2.20. The van der Waals surface area contributed by atoms with E-state index in [-0.39, 0.29) is 18.2 Å². The molecule has 1 aromatic rings. The van der Waals surface area contributed by atoms with Crippen molar-refractivity contribution in [1.82, 2.24) is 14.7 Å². The third-order valence-electron chi connectivity index (χ3n) is 2.96. The van der Waals surface area contributed by atoms with Crippen LogP contribution in [0.4, 0.5) is 0 Å². The first-order chi connectivity index (χ1) is 8.11. The molecule has 5 heteroatoms. The molecule has 0 unspecified atom stereocenters. The number of aryl methyl sites for hydroxylation is 2. The SMILES string of the molecule is CCn1nc(C)cc1C(=O)N1CCCC(=O)C1. The molecule has 1 saturated heterocycles. The highest BCUT2D eigenvalue weighted by molar-refractivity contribution is 5.96. The van der Waals surface area contributed by atoms with Crippen molar-refractivity contribution in [2.75, 3.05) is 13.1 Å². The third kappa shape index (κ3) is 2.38. The highest BCUT2D eigenvalue weighted by atomic mass is 16.2. The van der Waals surface area contributed by atoms with Crippen molar-refractivity contribution in [3.8, 4) is 0 Å². The summed E-state index contributed by atoms with van der Waals surface area (Å²) in [5, 5.41) is 4.25. The fourth-order valence-electron chi connectivity index (χ4n) is 2.13. The molecular formula is C12H17N3O2. The summed E-state index contributed by atoms with van der Waals surface area (Å²) in [4.78, 5) is 25.2. The Kier molecular flexibility index (Phi) is 3.26. The fourth-order valence-corrected chi connectivity index (χ4v) is 2.13. The summed E-state index contributed by atoms with van der Waals surface area (Å²) < 4.78 is 1.69. The Morgan fingerprint density at radius 2 is 2.29 bits per heavy atom. The van der Waals surface area contributed by atoms with Crippen LogP contribution >= 0.6 is 0 Å². The Morgan fingerprint density at radius 1 is 1.53 bits per heavy atom. The monoisotopic (exact) mass is 235 g/mol. The van der Waals surface area contributed by atoms with Gasteiger partial charge >= 0.3 is 0 Å². The van der Waals surface area contributed by atoms with Gasteiger partial charge in [0.2, 0.25) is 0 Å². The number of amides is 1. The molecule has 1 aliphatic heterocycles. The highest BCUT2D eigenvalue weighted by Gasteiger charge is 2.25. The molecule has 0 N–H and O–H groups in total. The molecule has 2 rings (SSSR count). The predicted molar refractivity (Wildman–Crippen MR) is 62.8 cm³/mol. The summed E-state index contributed by atoms with van der Waals surface area (Å²) in [5.74, 6) is 0.0596. The van der Waals surface area contributed by atoms with Crippen molar-refractivity contribution in [2.45, 2.75) is 33.2 Å². The minimum atomic E-state index is -0.0829. The number of Topliss-reactive ketones (excluding diaryl/α,β-unsaturated/α-hetero) is 1. The van der Waals surface area contributed by atoms with Gasteiger partial charge in [-0.15, -0.1) is 0 Å². The van der Waals surface area contributed by atoms with Gasteiger partial charge in [0.05, 0.1) is 12.2 Å². The van der Waals surface area contributed by atoms with Gasteiger partial charge in [-0.2, -0.15) is 5.10 Å². The van der Waals surface area contributed by atoms with Crippen LogP contribution < -0.4 is 0 Å². The fraction of sp³-hybridized carbons (Fsp3) is 0.583. The van der Waals surface area contributed by atoms with Crippen LogP contribution in [0, 0.1) is 6.92 Å². The van der Waals surface area contributed by atoms with Crippen LogP contribution in [0.25, 0.3) is 0 Å². The number of piperidine rings is 1. The van der Waals surface area contributed by atoms with Gasteiger partial charge in [0.1, 0.15) is 5.69 Å². The molecule has 0 aromatic carbocycles. The summed E-state index contributed by atoms with van der Waals surface area (Å²) in [6, 6.07) is 1.78. The Morgan fingerprint density at radius 3 is 2.94 bits per heavy atom. The standard InChI is InChI=1S/C12H17N3O2/c1-3-15-11(7-9(2)13-15)12(17)14-6-4-5-10(16)8-14/h7H,3-6,8H2,1-2H3. The van der Waals surface area contributed by atoms with Gasteiger partial charge < -0.3 is 4.90 Å². The number of rotatable bonds is 2. The van der Waals surface area contributed by atoms with E-state index in [1.165, 1.54) is 0 Å². The second-order valence-electron chi connectivity index (χ2n) is 4.36. The molecule has 5 nitrogen and oxygen atoms in total. The van der Waals surface area contributed by atoms with Crippen LogP contribution in [-0.2, 0) is 11.3 Å². The van der Waals surface area contributed by atoms with E-state index < -0.39 is 0 Å². The summed E-state index contributed by atoms with van der Waals surface area (Å²) in [6.07, 6.45) is 1.36. The zero-order valence-corrected chi connectivity index (χ0v) is 10.3. The minimum Gasteiger partial charge on any atom is -0.330 e. The van der Waals surface area contributed by atoms with E-state index >= 15 is 0 Å². The van der Waals surface area contributed by atoms with E-state index in [0.717, 1.165) is 12.1 Å². The summed E-state index contributed by atoms with van der Waals surface area (Å²) in [6.45, 7) is 5.39. The van der Waals surface area contributed by atoms with E-state index in [2.05, 4.69) is 5.10 Å². The number of nitrogens with zero attached hydrogens (tertiary/aromatic N) is 3. The maximum atomic E-state index is 12.3. The lowest BCUT2D eigenvalue weighted by Crippen LogP contribution is -2.40. The first-order valence-corrected chi connectivity index (χ1v) is 5.97. The molecule has 0 radical (unpaired) electrons. The Hall–Kier alpha value is -1.65. The van der Waals surface area contributed by atoms with E-state index in [1.54, 1.807) is 15.6 Å². The van der Waals surface area contributed by atoms with Crippen molar-refractivity contribution >= 4 is 11.7 Å². The number of ketones is 1. The molecule has 92 valence electrons. The lowest BCUT2D eigenvalue weighted by molar-refractivity contribution is -0.121. The predicted octanol–water partition coefficient (Wildman–Crippen LogP) is 1.02. The largest absolute Gasteiger partial charge is 0.330 e. The van der Waals surface area contributed by atoms with Crippen LogP contribution in [0.1, 0.15) is 35.9 Å². The zero-order chi connectivity index (χ0) is 12.4. The molecule has 0 atom stereocenters.